The summed E-state index contributed by atoms with van der Waals surface area (Å²) in [6.07, 6.45) is -3.12. The Kier molecular flexibility index (Phi) is 3.20. The van der Waals surface area contributed by atoms with Crippen molar-refractivity contribution in [1.29, 1.82) is 0 Å². The van der Waals surface area contributed by atoms with Gasteiger partial charge in [-0.05, 0) is 24.1 Å². The molecule has 0 unspecified atom stereocenters. The van der Waals surface area contributed by atoms with Crippen LogP contribution < -0.4 is 0 Å². The number of carbonyl (C=O) groups excluding carboxylic acids is 1. The molecule has 3 rings (SSSR count). The van der Waals surface area contributed by atoms with Gasteiger partial charge in [-0.25, -0.2) is 0 Å². The van der Waals surface area contributed by atoms with Crippen LogP contribution in [-0.2, 0) is 22.3 Å². The first-order valence-corrected chi connectivity index (χ1v) is 6.52. The highest BCUT2D eigenvalue weighted by Crippen LogP contribution is 2.32. The smallest absolute Gasteiger partial charge is 0.371 e. The van der Waals surface area contributed by atoms with E-state index in [0.29, 0.717) is 18.6 Å². The fourth-order valence-corrected chi connectivity index (χ4v) is 2.67. The Labute approximate surface area is 114 Å². The van der Waals surface area contributed by atoms with Crippen LogP contribution in [0, 0.1) is 0 Å². The first-order chi connectivity index (χ1) is 9.45. The summed E-state index contributed by atoms with van der Waals surface area (Å²) in [6, 6.07) is 5.15. The molecule has 2 saturated heterocycles. The summed E-state index contributed by atoms with van der Waals surface area (Å²) in [4.78, 5) is 13.5. The van der Waals surface area contributed by atoms with Gasteiger partial charge in [0.1, 0.15) is 6.10 Å². The number of hydrogen-bond acceptors (Lipinski definition) is 2. The normalized spacial score (nSPS) is 26.1. The number of ether oxygens (including phenoxy) is 1. The molecule has 0 N–H and O–H groups in total. The van der Waals surface area contributed by atoms with Crippen LogP contribution in [0.1, 0.15) is 24.0 Å². The Morgan fingerprint density at radius 1 is 1.35 bits per heavy atom. The molecule has 2 aliphatic heterocycles. The average molecular weight is 285 g/mol. The molecule has 0 saturated carbocycles. The Morgan fingerprint density at radius 2 is 2.10 bits per heavy atom. The zero-order valence-corrected chi connectivity index (χ0v) is 10.7. The summed E-state index contributed by atoms with van der Waals surface area (Å²) in [7, 11) is 0. The van der Waals surface area contributed by atoms with Gasteiger partial charge in [0.2, 0.25) is 5.91 Å². The Balaban J connectivity index is 1.78. The van der Waals surface area contributed by atoms with Gasteiger partial charge < -0.3 is 9.64 Å². The molecule has 1 aromatic carbocycles. The molecule has 108 valence electrons. The molecule has 2 heterocycles. The average Bonchev–Trinajstić information content (AvgIpc) is 3.16. The van der Waals surface area contributed by atoms with Crippen LogP contribution in [0.4, 0.5) is 13.2 Å². The van der Waals surface area contributed by atoms with Crippen molar-refractivity contribution in [2.75, 3.05) is 6.61 Å². The minimum Gasteiger partial charge on any atom is -0.371 e. The fourth-order valence-electron chi connectivity index (χ4n) is 2.67. The van der Waals surface area contributed by atoms with Crippen molar-refractivity contribution in [2.24, 2.45) is 0 Å². The van der Waals surface area contributed by atoms with Crippen LogP contribution >= 0.6 is 0 Å². The van der Waals surface area contributed by atoms with E-state index in [1.807, 2.05) is 0 Å². The van der Waals surface area contributed by atoms with Crippen molar-refractivity contribution in [3.8, 4) is 0 Å². The molecule has 6 heteroatoms. The Bertz CT molecular complexity index is 525. The molecule has 0 spiro atoms. The predicted molar refractivity (Wildman–Crippen MR) is 64.8 cm³/mol. The van der Waals surface area contributed by atoms with Gasteiger partial charge in [0.15, 0.2) is 0 Å². The van der Waals surface area contributed by atoms with Gasteiger partial charge in [-0.3, -0.25) is 4.79 Å². The number of benzene rings is 1. The highest BCUT2D eigenvalue weighted by molar-refractivity contribution is 5.79. The molecule has 0 bridgehead atoms. The minimum atomic E-state index is -4.36. The van der Waals surface area contributed by atoms with Gasteiger partial charge in [0.05, 0.1) is 18.2 Å². The van der Waals surface area contributed by atoms with Gasteiger partial charge in [-0.1, -0.05) is 12.1 Å². The summed E-state index contributed by atoms with van der Waals surface area (Å²) in [5, 5.41) is 0. The number of halogens is 3. The molecule has 20 heavy (non-hydrogen) atoms. The van der Waals surface area contributed by atoms with E-state index in [2.05, 4.69) is 0 Å². The predicted octanol–water partition coefficient (Wildman–Crippen LogP) is 2.60. The highest BCUT2D eigenvalue weighted by atomic mass is 19.4. The first kappa shape index (κ1) is 13.4. The van der Waals surface area contributed by atoms with Gasteiger partial charge in [0.25, 0.3) is 0 Å². The maximum atomic E-state index is 12.7. The quantitative estimate of drug-likeness (QED) is 0.800. The third kappa shape index (κ3) is 2.65. The van der Waals surface area contributed by atoms with Gasteiger partial charge >= 0.3 is 6.18 Å². The second-order valence-electron chi connectivity index (χ2n) is 5.20. The lowest BCUT2D eigenvalue weighted by Crippen LogP contribution is -2.36. The summed E-state index contributed by atoms with van der Waals surface area (Å²) in [5.41, 5.74) is -0.179. The van der Waals surface area contributed by atoms with E-state index in [0.717, 1.165) is 18.6 Å². The molecular formula is C14H14F3NO2. The third-order valence-electron chi connectivity index (χ3n) is 3.77. The molecule has 2 aliphatic rings. The number of epoxide rings is 1. The van der Waals surface area contributed by atoms with Gasteiger partial charge in [-0.15, -0.1) is 0 Å². The summed E-state index contributed by atoms with van der Waals surface area (Å²) in [6.45, 7) is 0.852. The molecular weight excluding hydrogens is 271 g/mol. The lowest BCUT2D eigenvalue weighted by atomic mass is 10.1. The number of rotatable bonds is 3. The van der Waals surface area contributed by atoms with Crippen molar-refractivity contribution in [3.63, 3.8) is 0 Å². The second-order valence-corrected chi connectivity index (χ2v) is 5.20. The van der Waals surface area contributed by atoms with Crippen molar-refractivity contribution in [3.05, 3.63) is 35.4 Å². The maximum absolute atomic E-state index is 12.7. The number of nitrogens with zero attached hydrogens (tertiary/aromatic N) is 1. The summed E-state index contributed by atoms with van der Waals surface area (Å²) >= 11 is 0. The van der Waals surface area contributed by atoms with Crippen LogP contribution in [0.2, 0.25) is 0 Å². The molecule has 3 nitrogen and oxygen atoms in total. The van der Waals surface area contributed by atoms with Crippen molar-refractivity contribution >= 4 is 5.91 Å². The number of carbonyl (C=O) groups is 1. The summed E-state index contributed by atoms with van der Waals surface area (Å²) in [5.74, 6) is -0.0112. The monoisotopic (exact) mass is 285 g/mol. The van der Waals surface area contributed by atoms with Crippen LogP contribution in [-0.4, -0.2) is 29.6 Å². The van der Waals surface area contributed by atoms with E-state index in [-0.39, 0.29) is 24.6 Å². The number of alkyl halides is 3. The molecule has 1 aromatic rings. The fraction of sp³-hybridized carbons (Fsp3) is 0.500. The lowest BCUT2D eigenvalue weighted by molar-refractivity contribution is -0.137. The standard InChI is InChI=1S/C14H14F3NO2/c15-14(16,17)10-3-1-2-9(6-10)7-18-11(12-8-20-12)4-5-13(18)19/h1-3,6,11-12H,4-5,7-8H2/t11-,12-/m0/s1. The van der Waals surface area contributed by atoms with E-state index in [1.54, 1.807) is 11.0 Å². The lowest BCUT2D eigenvalue weighted by Gasteiger charge is -2.24. The number of amides is 1. The van der Waals surface area contributed by atoms with Gasteiger partial charge in [-0.2, -0.15) is 13.2 Å². The van der Waals surface area contributed by atoms with Crippen LogP contribution in [0.15, 0.2) is 24.3 Å². The number of likely N-dealkylation sites (tertiary alicyclic amines) is 1. The SMILES string of the molecule is O=C1CC[C@@H]([C@@H]2CO2)N1Cc1cccc(C(F)(F)F)c1. The zero-order valence-electron chi connectivity index (χ0n) is 10.7. The van der Waals surface area contributed by atoms with E-state index in [4.69, 9.17) is 4.74 Å². The van der Waals surface area contributed by atoms with E-state index in [9.17, 15) is 18.0 Å². The molecule has 0 radical (unpaired) electrons. The second kappa shape index (κ2) is 4.77. The van der Waals surface area contributed by atoms with E-state index in [1.165, 1.54) is 6.07 Å². The van der Waals surface area contributed by atoms with Crippen LogP contribution in [0.25, 0.3) is 0 Å². The van der Waals surface area contributed by atoms with E-state index >= 15 is 0 Å². The van der Waals surface area contributed by atoms with Gasteiger partial charge in [0, 0.05) is 13.0 Å². The topological polar surface area (TPSA) is 32.8 Å². The van der Waals surface area contributed by atoms with E-state index < -0.39 is 11.7 Å². The largest absolute Gasteiger partial charge is 0.416 e. The maximum Gasteiger partial charge on any atom is 0.416 e. The van der Waals surface area contributed by atoms with Crippen LogP contribution in [0.3, 0.4) is 0 Å². The van der Waals surface area contributed by atoms with Crippen molar-refractivity contribution < 1.29 is 22.7 Å². The Hall–Kier alpha value is -1.56. The molecule has 2 fully saturated rings. The van der Waals surface area contributed by atoms with Crippen molar-refractivity contribution in [2.45, 2.75) is 37.7 Å². The molecule has 0 aromatic heterocycles. The molecule has 0 aliphatic carbocycles. The molecule has 2 atom stereocenters. The third-order valence-corrected chi connectivity index (χ3v) is 3.77. The first-order valence-electron chi connectivity index (χ1n) is 6.52. The zero-order chi connectivity index (χ0) is 14.3. The Morgan fingerprint density at radius 3 is 2.75 bits per heavy atom. The molecule has 1 amide bonds. The number of hydrogen-bond donors (Lipinski definition) is 0. The summed E-state index contributed by atoms with van der Waals surface area (Å²) < 4.78 is 43.2. The van der Waals surface area contributed by atoms with Crippen molar-refractivity contribution in [1.82, 2.24) is 4.90 Å². The minimum absolute atomic E-state index is 0.0112. The highest BCUT2D eigenvalue weighted by Gasteiger charge is 2.42. The van der Waals surface area contributed by atoms with Crippen LogP contribution in [0.5, 0.6) is 0 Å².